The topological polar surface area (TPSA) is 29.5 Å². The van der Waals surface area contributed by atoms with Crippen LogP contribution >= 0.6 is 15.9 Å². The number of aliphatic hydroxyl groups is 1. The van der Waals surface area contributed by atoms with E-state index in [0.717, 1.165) is 17.4 Å². The molecule has 0 aliphatic heterocycles. The van der Waals surface area contributed by atoms with Crippen LogP contribution in [-0.2, 0) is 6.42 Å². The predicted molar refractivity (Wildman–Crippen MR) is 80.3 cm³/mol. The maximum Gasteiger partial charge on any atom is 0.146 e. The molecule has 0 spiro atoms. The summed E-state index contributed by atoms with van der Waals surface area (Å²) in [6.07, 6.45) is -0.447. The first-order chi connectivity index (χ1) is 10.0. The van der Waals surface area contributed by atoms with Crippen molar-refractivity contribution in [1.82, 2.24) is 0 Å². The molecule has 2 aromatic rings. The third-order valence-electron chi connectivity index (χ3n) is 3.28. The van der Waals surface area contributed by atoms with E-state index in [1.165, 1.54) is 6.07 Å². The van der Waals surface area contributed by atoms with Gasteiger partial charge < -0.3 is 9.84 Å². The van der Waals surface area contributed by atoms with Gasteiger partial charge in [0.15, 0.2) is 0 Å². The van der Waals surface area contributed by atoms with E-state index in [1.807, 2.05) is 24.3 Å². The van der Waals surface area contributed by atoms with Crippen molar-refractivity contribution in [3.8, 4) is 5.75 Å². The summed E-state index contributed by atoms with van der Waals surface area (Å²) in [5.41, 5.74) is 0.670. The van der Waals surface area contributed by atoms with E-state index in [1.54, 1.807) is 7.11 Å². The molecule has 0 aromatic heterocycles. The summed E-state index contributed by atoms with van der Waals surface area (Å²) >= 11 is 2.99. The van der Waals surface area contributed by atoms with Crippen LogP contribution in [0, 0.1) is 11.6 Å². The fourth-order valence-corrected chi connectivity index (χ4v) is 2.43. The van der Waals surface area contributed by atoms with Crippen LogP contribution in [0.15, 0.2) is 40.9 Å². The second-order valence-electron chi connectivity index (χ2n) is 4.66. The highest BCUT2D eigenvalue weighted by Gasteiger charge is 2.20. The average molecular weight is 357 g/mol. The van der Waals surface area contributed by atoms with Gasteiger partial charge in [-0.3, -0.25) is 0 Å². The summed E-state index contributed by atoms with van der Waals surface area (Å²) in [5, 5.41) is 10.0. The number of aliphatic hydroxyl groups excluding tert-OH is 1. The number of rotatable bonds is 5. The van der Waals surface area contributed by atoms with Crippen molar-refractivity contribution in [3.63, 3.8) is 0 Å². The van der Waals surface area contributed by atoms with Gasteiger partial charge in [-0.05, 0) is 58.6 Å². The summed E-state index contributed by atoms with van der Waals surface area (Å²) < 4.78 is 32.7. The van der Waals surface area contributed by atoms with Crippen molar-refractivity contribution >= 4 is 15.9 Å². The summed E-state index contributed by atoms with van der Waals surface area (Å²) in [6.45, 7) is 0. The first-order valence-corrected chi connectivity index (χ1v) is 7.26. The summed E-state index contributed by atoms with van der Waals surface area (Å²) in [4.78, 5) is 0. The Bertz CT molecular complexity index is 614. The van der Waals surface area contributed by atoms with Gasteiger partial charge in [-0.25, -0.2) is 8.78 Å². The molecule has 0 aliphatic rings. The fourth-order valence-electron chi connectivity index (χ4n) is 2.09. The van der Waals surface area contributed by atoms with Crippen LogP contribution in [0.4, 0.5) is 8.78 Å². The normalized spacial score (nSPS) is 12.2. The highest BCUT2D eigenvalue weighted by atomic mass is 79.9. The number of ether oxygens (including phenoxy) is 1. The molecule has 0 fully saturated rings. The van der Waals surface area contributed by atoms with E-state index in [2.05, 4.69) is 15.9 Å². The molecule has 2 rings (SSSR count). The Kier molecular flexibility index (Phi) is 5.31. The molecule has 1 N–H and O–H groups in total. The molecule has 21 heavy (non-hydrogen) atoms. The van der Waals surface area contributed by atoms with Crippen molar-refractivity contribution in [2.45, 2.75) is 18.9 Å². The third-order valence-corrected chi connectivity index (χ3v) is 3.89. The van der Waals surface area contributed by atoms with E-state index in [0.29, 0.717) is 6.42 Å². The lowest BCUT2D eigenvalue weighted by molar-refractivity contribution is 0.158. The van der Waals surface area contributed by atoms with Gasteiger partial charge in [0, 0.05) is 0 Å². The number of aryl methyl sites for hydroxylation is 1. The zero-order valence-electron chi connectivity index (χ0n) is 11.4. The molecule has 0 saturated carbocycles. The summed E-state index contributed by atoms with van der Waals surface area (Å²) in [6, 6.07) is 9.76. The molecule has 5 heteroatoms. The van der Waals surface area contributed by atoms with Gasteiger partial charge in [-0.1, -0.05) is 12.1 Å². The standard InChI is InChI=1S/C16H15BrF2O2/c1-21-11-5-2-10(3-6-11)4-9-14(20)15-13(18)8-7-12(17)16(15)19/h2-3,5-8,14,20H,4,9H2,1H3. The van der Waals surface area contributed by atoms with E-state index >= 15 is 0 Å². The molecule has 0 amide bonds. The molecule has 0 radical (unpaired) electrons. The quantitative estimate of drug-likeness (QED) is 0.804. The molecule has 0 bridgehead atoms. The fraction of sp³-hybridized carbons (Fsp3) is 0.250. The monoisotopic (exact) mass is 356 g/mol. The smallest absolute Gasteiger partial charge is 0.146 e. The minimum absolute atomic E-state index is 0.141. The van der Waals surface area contributed by atoms with Crippen molar-refractivity contribution in [2.24, 2.45) is 0 Å². The van der Waals surface area contributed by atoms with Crippen LogP contribution in [0.3, 0.4) is 0 Å². The maximum absolute atomic E-state index is 13.9. The van der Waals surface area contributed by atoms with Gasteiger partial charge in [-0.15, -0.1) is 0 Å². The third kappa shape index (κ3) is 3.80. The Morgan fingerprint density at radius 1 is 1.14 bits per heavy atom. The zero-order valence-corrected chi connectivity index (χ0v) is 13.0. The molecule has 1 atom stereocenters. The number of benzene rings is 2. The van der Waals surface area contributed by atoms with Gasteiger partial charge in [0.25, 0.3) is 0 Å². The number of halogens is 3. The van der Waals surface area contributed by atoms with Crippen LogP contribution in [0.1, 0.15) is 23.7 Å². The van der Waals surface area contributed by atoms with Crippen LogP contribution < -0.4 is 4.74 Å². The van der Waals surface area contributed by atoms with Crippen LogP contribution in [-0.4, -0.2) is 12.2 Å². The molecule has 0 heterocycles. The molecule has 2 nitrogen and oxygen atoms in total. The van der Waals surface area contributed by atoms with Gasteiger partial charge in [0.05, 0.1) is 23.2 Å². The minimum atomic E-state index is -1.19. The lowest BCUT2D eigenvalue weighted by Crippen LogP contribution is -2.06. The maximum atomic E-state index is 13.9. The number of methoxy groups -OCH3 is 1. The summed E-state index contributed by atoms with van der Waals surface area (Å²) in [7, 11) is 1.58. The SMILES string of the molecule is COc1ccc(CCC(O)c2c(F)ccc(Br)c2F)cc1. The zero-order chi connectivity index (χ0) is 15.4. The van der Waals surface area contributed by atoms with Crippen LogP contribution in [0.25, 0.3) is 0 Å². The predicted octanol–water partition coefficient (Wildman–Crippen LogP) is 4.40. The second kappa shape index (κ2) is 7.00. The molecule has 1 unspecified atom stereocenters. The summed E-state index contributed by atoms with van der Waals surface area (Å²) in [5.74, 6) is -0.751. The second-order valence-corrected chi connectivity index (χ2v) is 5.51. The Balaban J connectivity index is 2.08. The minimum Gasteiger partial charge on any atom is -0.497 e. The lowest BCUT2D eigenvalue weighted by Gasteiger charge is -2.14. The first-order valence-electron chi connectivity index (χ1n) is 6.47. The Labute approximate surface area is 130 Å². The molecule has 0 aliphatic carbocycles. The van der Waals surface area contributed by atoms with E-state index in [-0.39, 0.29) is 16.5 Å². The number of hydrogen-bond acceptors (Lipinski definition) is 2. The van der Waals surface area contributed by atoms with Gasteiger partial charge in [0.2, 0.25) is 0 Å². The molecule has 0 saturated heterocycles. The van der Waals surface area contributed by atoms with E-state index < -0.39 is 17.7 Å². The Morgan fingerprint density at radius 2 is 1.81 bits per heavy atom. The van der Waals surface area contributed by atoms with Crippen molar-refractivity contribution in [2.75, 3.05) is 7.11 Å². The van der Waals surface area contributed by atoms with Crippen molar-refractivity contribution in [3.05, 3.63) is 63.6 Å². The largest absolute Gasteiger partial charge is 0.497 e. The van der Waals surface area contributed by atoms with Crippen molar-refractivity contribution in [1.29, 1.82) is 0 Å². The van der Waals surface area contributed by atoms with E-state index in [9.17, 15) is 13.9 Å². The van der Waals surface area contributed by atoms with Gasteiger partial charge in [0.1, 0.15) is 17.4 Å². The van der Waals surface area contributed by atoms with Crippen LogP contribution in [0.5, 0.6) is 5.75 Å². The number of hydrogen-bond donors (Lipinski definition) is 1. The first kappa shape index (κ1) is 15.9. The highest BCUT2D eigenvalue weighted by molar-refractivity contribution is 9.10. The molecular formula is C16H15BrF2O2. The molecule has 112 valence electrons. The van der Waals surface area contributed by atoms with Crippen LogP contribution in [0.2, 0.25) is 0 Å². The average Bonchev–Trinajstić information content (AvgIpc) is 2.50. The Morgan fingerprint density at radius 3 is 2.43 bits per heavy atom. The van der Waals surface area contributed by atoms with Crippen molar-refractivity contribution < 1.29 is 18.6 Å². The molecule has 2 aromatic carbocycles. The highest BCUT2D eigenvalue weighted by Crippen LogP contribution is 2.29. The van der Waals surface area contributed by atoms with Gasteiger partial charge >= 0.3 is 0 Å². The van der Waals surface area contributed by atoms with E-state index in [4.69, 9.17) is 4.74 Å². The Hall–Kier alpha value is -1.46. The van der Waals surface area contributed by atoms with Gasteiger partial charge in [-0.2, -0.15) is 0 Å². The lowest BCUT2D eigenvalue weighted by atomic mass is 10.0. The molecular weight excluding hydrogens is 342 g/mol.